The second-order valence-corrected chi connectivity index (χ2v) is 19.9. The predicted molar refractivity (Wildman–Crippen MR) is 298 cm³/mol. The molecule has 0 saturated heterocycles. The molecule has 6 heteroatoms. The summed E-state index contributed by atoms with van der Waals surface area (Å²) in [7, 11) is 0. The zero-order chi connectivity index (χ0) is 50.0. The fourth-order valence-electron chi connectivity index (χ4n) is 8.49. The zero-order valence-corrected chi connectivity index (χ0v) is 45.8. The van der Waals surface area contributed by atoms with E-state index in [2.05, 4.69) is 81.5 Å². The Morgan fingerprint density at radius 1 is 0.290 bits per heavy atom. The first-order chi connectivity index (χ1) is 34.0. The van der Waals surface area contributed by atoms with Gasteiger partial charge in [0.2, 0.25) is 0 Å². The van der Waals surface area contributed by atoms with Gasteiger partial charge in [-0.3, -0.25) is 14.4 Å². The van der Waals surface area contributed by atoms with E-state index in [1.807, 2.05) is 0 Å². The van der Waals surface area contributed by atoms with Crippen LogP contribution in [0.1, 0.15) is 303 Å². The third-order valence-corrected chi connectivity index (χ3v) is 13.0. The molecule has 0 aliphatic rings. The lowest BCUT2D eigenvalue weighted by molar-refractivity contribution is -0.167. The molecule has 0 heterocycles. The van der Waals surface area contributed by atoms with Gasteiger partial charge >= 0.3 is 17.9 Å². The van der Waals surface area contributed by atoms with Crippen LogP contribution in [-0.4, -0.2) is 37.2 Å². The maximum absolute atomic E-state index is 12.9. The van der Waals surface area contributed by atoms with Crippen LogP contribution < -0.4 is 0 Å². The van der Waals surface area contributed by atoms with Gasteiger partial charge in [0.1, 0.15) is 13.2 Å². The van der Waals surface area contributed by atoms with Crippen molar-refractivity contribution in [2.24, 2.45) is 0 Å². The van der Waals surface area contributed by atoms with Gasteiger partial charge in [0.25, 0.3) is 0 Å². The standard InChI is InChI=1S/C63H112O6/c1-4-7-10-13-16-19-22-25-28-30-31-33-36-39-42-45-48-51-54-57-63(66)69-60(58-67-61(64)55-52-49-46-43-40-37-34-27-24-21-18-15-12-9-6-3)59-68-62(65)56-53-50-47-44-41-38-35-32-29-26-23-20-17-14-11-8-5-2/h17,20,26-27,29,34-35,38,44,47,60H,4-16,18-19,21-25,28,30-33,36-37,39-43,45-46,48-59H2,1-3H3/b20-17-,29-26-,34-27-,38-35-,47-44-/t60-/m0/s1. The van der Waals surface area contributed by atoms with Gasteiger partial charge in [-0.2, -0.15) is 0 Å². The van der Waals surface area contributed by atoms with Crippen LogP contribution in [0.15, 0.2) is 60.8 Å². The van der Waals surface area contributed by atoms with Crippen LogP contribution in [0, 0.1) is 0 Å². The molecule has 0 aromatic rings. The summed E-state index contributed by atoms with van der Waals surface area (Å²) in [5, 5.41) is 0. The average molecular weight is 966 g/mol. The highest BCUT2D eigenvalue weighted by Crippen LogP contribution is 2.16. The van der Waals surface area contributed by atoms with Crippen molar-refractivity contribution in [2.75, 3.05) is 13.2 Å². The lowest BCUT2D eigenvalue weighted by Crippen LogP contribution is -2.30. The second kappa shape index (κ2) is 57.7. The summed E-state index contributed by atoms with van der Waals surface area (Å²) in [4.78, 5) is 38.2. The molecule has 1 atom stereocenters. The van der Waals surface area contributed by atoms with Crippen molar-refractivity contribution in [1.29, 1.82) is 0 Å². The van der Waals surface area contributed by atoms with E-state index < -0.39 is 6.10 Å². The number of esters is 3. The lowest BCUT2D eigenvalue weighted by Gasteiger charge is -2.18. The van der Waals surface area contributed by atoms with Gasteiger partial charge in [-0.15, -0.1) is 0 Å². The summed E-state index contributed by atoms with van der Waals surface area (Å²) in [6.45, 7) is 6.59. The molecule has 0 aromatic heterocycles. The quantitative estimate of drug-likeness (QED) is 0.0262. The molecular formula is C63H112O6. The Morgan fingerprint density at radius 3 is 0.913 bits per heavy atom. The summed E-state index contributed by atoms with van der Waals surface area (Å²) in [5.74, 6) is -0.944. The number of hydrogen-bond donors (Lipinski definition) is 0. The van der Waals surface area contributed by atoms with Crippen LogP contribution >= 0.6 is 0 Å². The number of rotatable bonds is 54. The Labute approximate surface area is 428 Å². The molecule has 0 spiro atoms. The van der Waals surface area contributed by atoms with E-state index >= 15 is 0 Å². The van der Waals surface area contributed by atoms with Crippen LogP contribution in [0.5, 0.6) is 0 Å². The molecule has 0 radical (unpaired) electrons. The van der Waals surface area contributed by atoms with Crippen LogP contribution in [0.25, 0.3) is 0 Å². The molecule has 0 aliphatic carbocycles. The highest BCUT2D eigenvalue weighted by Gasteiger charge is 2.19. The fourth-order valence-corrected chi connectivity index (χ4v) is 8.49. The van der Waals surface area contributed by atoms with Gasteiger partial charge in [0, 0.05) is 19.3 Å². The third kappa shape index (κ3) is 55.9. The Hall–Kier alpha value is -2.89. The largest absolute Gasteiger partial charge is 0.462 e. The van der Waals surface area contributed by atoms with Crippen molar-refractivity contribution in [2.45, 2.75) is 309 Å². The minimum Gasteiger partial charge on any atom is -0.462 e. The number of ether oxygens (including phenoxy) is 3. The Balaban J connectivity index is 4.43. The molecule has 6 nitrogen and oxygen atoms in total. The zero-order valence-electron chi connectivity index (χ0n) is 45.8. The Morgan fingerprint density at radius 2 is 0.536 bits per heavy atom. The molecule has 69 heavy (non-hydrogen) atoms. The molecule has 0 amide bonds. The first-order valence-corrected chi connectivity index (χ1v) is 29.8. The van der Waals surface area contributed by atoms with Gasteiger partial charge in [-0.25, -0.2) is 0 Å². The topological polar surface area (TPSA) is 78.9 Å². The monoisotopic (exact) mass is 965 g/mol. The Kier molecular flexibility index (Phi) is 55.3. The summed E-state index contributed by atoms with van der Waals surface area (Å²) < 4.78 is 16.8. The maximum Gasteiger partial charge on any atom is 0.306 e. The summed E-state index contributed by atoms with van der Waals surface area (Å²) in [5.41, 5.74) is 0. The minimum absolute atomic E-state index is 0.0929. The summed E-state index contributed by atoms with van der Waals surface area (Å²) in [6.07, 6.45) is 72.2. The molecular weight excluding hydrogens is 853 g/mol. The Bertz CT molecular complexity index is 1250. The van der Waals surface area contributed by atoms with Crippen molar-refractivity contribution in [1.82, 2.24) is 0 Å². The molecule has 0 rings (SSSR count). The normalized spacial score (nSPS) is 12.4. The fraction of sp³-hybridized carbons (Fsp3) is 0.794. The third-order valence-electron chi connectivity index (χ3n) is 13.0. The van der Waals surface area contributed by atoms with E-state index in [-0.39, 0.29) is 37.5 Å². The van der Waals surface area contributed by atoms with Gasteiger partial charge in [-0.05, 0) is 83.5 Å². The molecule has 0 aliphatic heterocycles. The molecule has 0 N–H and O–H groups in total. The molecule has 0 unspecified atom stereocenters. The first kappa shape index (κ1) is 66.1. The minimum atomic E-state index is -0.798. The number of carbonyl (C=O) groups excluding carboxylic acids is 3. The van der Waals surface area contributed by atoms with E-state index in [1.54, 1.807) is 0 Å². The molecule has 0 saturated carbocycles. The van der Waals surface area contributed by atoms with Crippen LogP contribution in [-0.2, 0) is 28.6 Å². The summed E-state index contributed by atoms with van der Waals surface area (Å²) >= 11 is 0. The predicted octanol–water partition coefficient (Wildman–Crippen LogP) is 20.0. The molecule has 0 bridgehead atoms. The van der Waals surface area contributed by atoms with Gasteiger partial charge in [0.15, 0.2) is 6.10 Å². The van der Waals surface area contributed by atoms with Crippen LogP contribution in [0.3, 0.4) is 0 Å². The van der Waals surface area contributed by atoms with E-state index in [1.165, 1.54) is 186 Å². The van der Waals surface area contributed by atoms with Gasteiger partial charge in [0.05, 0.1) is 0 Å². The first-order valence-electron chi connectivity index (χ1n) is 29.8. The van der Waals surface area contributed by atoms with Crippen molar-refractivity contribution >= 4 is 17.9 Å². The highest BCUT2D eigenvalue weighted by molar-refractivity contribution is 5.71. The van der Waals surface area contributed by atoms with Gasteiger partial charge < -0.3 is 14.2 Å². The highest BCUT2D eigenvalue weighted by atomic mass is 16.6. The molecule has 0 fully saturated rings. The van der Waals surface area contributed by atoms with Crippen LogP contribution in [0.4, 0.5) is 0 Å². The van der Waals surface area contributed by atoms with Crippen molar-refractivity contribution in [3.05, 3.63) is 60.8 Å². The van der Waals surface area contributed by atoms with Crippen LogP contribution in [0.2, 0.25) is 0 Å². The van der Waals surface area contributed by atoms with Crippen molar-refractivity contribution in [3.63, 3.8) is 0 Å². The average Bonchev–Trinajstić information content (AvgIpc) is 3.35. The molecule has 0 aromatic carbocycles. The van der Waals surface area contributed by atoms with Gasteiger partial charge in [-0.1, -0.05) is 261 Å². The number of allylic oxidation sites excluding steroid dienone is 10. The summed E-state index contributed by atoms with van der Waals surface area (Å²) in [6, 6.07) is 0. The smallest absolute Gasteiger partial charge is 0.306 e. The molecule has 400 valence electrons. The SMILES string of the molecule is CCCCC/C=C\C/C=C\C/C=C\C/C=C\CCCC(=O)OC[C@H](COC(=O)CCCCCCC/C=C\CCCCCCCC)OC(=O)CCCCCCCCCCCCCCCCCCCCC. The van der Waals surface area contributed by atoms with Crippen molar-refractivity contribution in [3.8, 4) is 0 Å². The lowest BCUT2D eigenvalue weighted by atomic mass is 10.0. The van der Waals surface area contributed by atoms with E-state index in [4.69, 9.17) is 14.2 Å². The van der Waals surface area contributed by atoms with E-state index in [0.717, 1.165) is 70.6 Å². The number of unbranched alkanes of at least 4 members (excludes halogenated alkanes) is 33. The van der Waals surface area contributed by atoms with Crippen molar-refractivity contribution < 1.29 is 28.6 Å². The number of carbonyl (C=O) groups is 3. The van der Waals surface area contributed by atoms with E-state index in [0.29, 0.717) is 19.3 Å². The second-order valence-electron chi connectivity index (χ2n) is 19.9. The maximum atomic E-state index is 12.9. The number of hydrogen-bond acceptors (Lipinski definition) is 6. The van der Waals surface area contributed by atoms with E-state index in [9.17, 15) is 14.4 Å².